The van der Waals surface area contributed by atoms with E-state index >= 15 is 0 Å². The summed E-state index contributed by atoms with van der Waals surface area (Å²) in [5.41, 5.74) is 1.74. The molecule has 23 heavy (non-hydrogen) atoms. The molecule has 2 aromatic carbocycles. The molecular weight excluding hydrogens is 317 g/mol. The van der Waals surface area contributed by atoms with Crippen LogP contribution in [-0.4, -0.2) is 12.0 Å². The Labute approximate surface area is 139 Å². The predicted octanol–water partition coefficient (Wildman–Crippen LogP) is 4.43. The van der Waals surface area contributed by atoms with Crippen molar-refractivity contribution in [1.29, 1.82) is 0 Å². The van der Waals surface area contributed by atoms with Crippen LogP contribution in [-0.2, 0) is 15.1 Å². The molecule has 120 valence electrons. The number of benzene rings is 2. The average molecular weight is 334 g/mol. The van der Waals surface area contributed by atoms with Crippen molar-refractivity contribution in [3.8, 4) is 0 Å². The predicted molar refractivity (Wildman–Crippen MR) is 88.1 cm³/mol. The third-order valence-corrected chi connectivity index (χ3v) is 4.43. The molecule has 0 bridgehead atoms. The van der Waals surface area contributed by atoms with Crippen molar-refractivity contribution in [2.45, 2.75) is 31.9 Å². The van der Waals surface area contributed by atoms with Crippen LogP contribution in [0, 0.1) is 12.7 Å². The zero-order valence-electron chi connectivity index (χ0n) is 12.9. The first kappa shape index (κ1) is 15.8. The Morgan fingerprint density at radius 1 is 1.26 bits per heavy atom. The molecule has 0 radical (unpaired) electrons. The van der Waals surface area contributed by atoms with Gasteiger partial charge < -0.3 is 10.1 Å². The summed E-state index contributed by atoms with van der Waals surface area (Å²) in [6, 6.07) is 11.1. The monoisotopic (exact) mass is 333 g/mol. The largest absolute Gasteiger partial charge is 0.453 e. The van der Waals surface area contributed by atoms with E-state index in [0.717, 1.165) is 11.1 Å². The molecule has 5 heteroatoms. The van der Waals surface area contributed by atoms with E-state index in [1.165, 1.54) is 12.1 Å². The maximum atomic E-state index is 13.1. The number of aryl methyl sites for hydroxylation is 1. The number of hydrogen-bond acceptors (Lipinski definition) is 3. The Hall–Kier alpha value is -2.07. The maximum Gasteiger partial charge on any atom is 0.329 e. The smallest absolute Gasteiger partial charge is 0.329 e. The molecule has 1 fully saturated rings. The number of rotatable bonds is 3. The molecule has 1 aliphatic heterocycles. The molecular formula is C18H17ClFNO2. The number of carbonyl (C=O) groups excluding carboxylic acids is 1. The molecule has 0 aromatic heterocycles. The van der Waals surface area contributed by atoms with E-state index in [0.29, 0.717) is 17.1 Å². The minimum absolute atomic E-state index is 0.317. The highest BCUT2D eigenvalue weighted by atomic mass is 35.5. The summed E-state index contributed by atoms with van der Waals surface area (Å²) in [4.78, 5) is 12.2. The fourth-order valence-corrected chi connectivity index (χ4v) is 3.11. The molecule has 0 aliphatic carbocycles. The zero-order valence-corrected chi connectivity index (χ0v) is 13.7. The van der Waals surface area contributed by atoms with Crippen molar-refractivity contribution in [3.05, 3.63) is 64.4 Å². The first-order chi connectivity index (χ1) is 10.9. The van der Waals surface area contributed by atoms with Crippen molar-refractivity contribution in [2.75, 3.05) is 5.32 Å². The number of nitrogens with one attached hydrogen (secondary N) is 1. The van der Waals surface area contributed by atoms with Crippen LogP contribution in [0.25, 0.3) is 0 Å². The number of ether oxygens (including phenoxy) is 1. The number of esters is 1. The van der Waals surface area contributed by atoms with Crippen LogP contribution < -0.4 is 5.32 Å². The first-order valence-corrected chi connectivity index (χ1v) is 7.77. The van der Waals surface area contributed by atoms with Crippen molar-refractivity contribution in [2.24, 2.45) is 0 Å². The van der Waals surface area contributed by atoms with E-state index in [9.17, 15) is 9.18 Å². The molecule has 2 atom stereocenters. The Morgan fingerprint density at radius 2 is 1.96 bits per heavy atom. The van der Waals surface area contributed by atoms with Gasteiger partial charge in [-0.25, -0.2) is 9.18 Å². The van der Waals surface area contributed by atoms with Gasteiger partial charge >= 0.3 is 5.97 Å². The maximum absolute atomic E-state index is 13.1. The van der Waals surface area contributed by atoms with E-state index in [2.05, 4.69) is 5.32 Å². The van der Waals surface area contributed by atoms with Crippen LogP contribution in [0.15, 0.2) is 42.5 Å². The van der Waals surface area contributed by atoms with Gasteiger partial charge in [0.05, 0.1) is 10.7 Å². The van der Waals surface area contributed by atoms with Crippen LogP contribution in [0.4, 0.5) is 10.1 Å². The fourth-order valence-electron chi connectivity index (χ4n) is 2.82. The summed E-state index contributed by atoms with van der Waals surface area (Å²) >= 11 is 6.20. The van der Waals surface area contributed by atoms with E-state index in [1.807, 2.05) is 32.0 Å². The molecule has 0 saturated carbocycles. The van der Waals surface area contributed by atoms with Crippen LogP contribution in [0.2, 0.25) is 5.02 Å². The molecule has 1 aliphatic rings. The fraction of sp³-hybridized carbons (Fsp3) is 0.278. The van der Waals surface area contributed by atoms with Crippen molar-refractivity contribution < 1.29 is 13.9 Å². The Morgan fingerprint density at radius 3 is 2.61 bits per heavy atom. The van der Waals surface area contributed by atoms with Crippen LogP contribution in [0.1, 0.15) is 24.5 Å². The normalized spacial score (nSPS) is 23.7. The highest BCUT2D eigenvalue weighted by molar-refractivity contribution is 6.33. The molecule has 1 saturated heterocycles. The summed E-state index contributed by atoms with van der Waals surface area (Å²) < 4.78 is 18.6. The van der Waals surface area contributed by atoms with Crippen LogP contribution in [0.5, 0.6) is 0 Å². The van der Waals surface area contributed by atoms with Gasteiger partial charge in [0.2, 0.25) is 0 Å². The van der Waals surface area contributed by atoms with E-state index < -0.39 is 11.6 Å². The number of anilines is 1. The van der Waals surface area contributed by atoms with E-state index in [1.54, 1.807) is 12.1 Å². The Bertz CT molecular complexity index is 747. The highest BCUT2D eigenvalue weighted by Gasteiger charge is 2.44. The lowest BCUT2D eigenvalue weighted by Crippen LogP contribution is -2.25. The molecule has 1 N–H and O–H groups in total. The summed E-state index contributed by atoms with van der Waals surface area (Å²) in [5.74, 6) is -0.656. The summed E-state index contributed by atoms with van der Waals surface area (Å²) in [7, 11) is 0. The van der Waals surface area contributed by atoms with Crippen molar-refractivity contribution >= 4 is 23.3 Å². The van der Waals surface area contributed by atoms with E-state index in [-0.39, 0.29) is 11.8 Å². The quantitative estimate of drug-likeness (QED) is 0.844. The van der Waals surface area contributed by atoms with Crippen LogP contribution in [0.3, 0.4) is 0 Å². The molecule has 0 spiro atoms. The number of cyclic esters (lactones) is 1. The van der Waals surface area contributed by atoms with Gasteiger partial charge in [0, 0.05) is 6.42 Å². The first-order valence-electron chi connectivity index (χ1n) is 7.39. The SMILES string of the molecule is Cc1ccc(NC2CC(C)(c3ccc(F)cc3)OC2=O)c(Cl)c1. The molecule has 2 aromatic rings. The molecule has 3 rings (SSSR count). The summed E-state index contributed by atoms with van der Waals surface area (Å²) in [6.45, 7) is 3.78. The van der Waals surface area contributed by atoms with Crippen molar-refractivity contribution in [3.63, 3.8) is 0 Å². The van der Waals surface area contributed by atoms with Gasteiger partial charge in [0.1, 0.15) is 17.5 Å². The lowest BCUT2D eigenvalue weighted by molar-refractivity contribution is -0.148. The second kappa shape index (κ2) is 5.85. The van der Waals surface area contributed by atoms with Gasteiger partial charge in [-0.15, -0.1) is 0 Å². The number of halogens is 2. The summed E-state index contributed by atoms with van der Waals surface area (Å²) in [6.07, 6.45) is 0.446. The van der Waals surface area contributed by atoms with Gasteiger partial charge in [-0.1, -0.05) is 29.8 Å². The molecule has 3 nitrogen and oxygen atoms in total. The molecule has 1 heterocycles. The third kappa shape index (κ3) is 3.17. The molecule has 2 unspecified atom stereocenters. The van der Waals surface area contributed by atoms with Gasteiger partial charge in [-0.3, -0.25) is 0 Å². The van der Waals surface area contributed by atoms with Crippen LogP contribution >= 0.6 is 11.6 Å². The topological polar surface area (TPSA) is 38.3 Å². The standard InChI is InChI=1S/C18H17ClFNO2/c1-11-3-8-15(14(19)9-11)21-16-10-18(2,23-17(16)22)12-4-6-13(20)7-5-12/h3-9,16,21H,10H2,1-2H3. The Kier molecular flexibility index (Phi) is 4.02. The lowest BCUT2D eigenvalue weighted by Gasteiger charge is -2.23. The van der Waals surface area contributed by atoms with Gasteiger partial charge in [0.15, 0.2) is 0 Å². The summed E-state index contributed by atoms with van der Waals surface area (Å²) in [5, 5.41) is 3.71. The minimum Gasteiger partial charge on any atom is -0.453 e. The molecule has 0 amide bonds. The second-order valence-electron chi connectivity index (χ2n) is 6.04. The Balaban J connectivity index is 1.80. The highest BCUT2D eigenvalue weighted by Crippen LogP contribution is 2.38. The number of carbonyl (C=O) groups is 1. The minimum atomic E-state index is -0.778. The van der Waals surface area contributed by atoms with E-state index in [4.69, 9.17) is 16.3 Å². The lowest BCUT2D eigenvalue weighted by atomic mass is 9.91. The van der Waals surface area contributed by atoms with Gasteiger partial charge in [-0.2, -0.15) is 0 Å². The van der Waals surface area contributed by atoms with Gasteiger partial charge in [-0.05, 0) is 49.2 Å². The third-order valence-electron chi connectivity index (χ3n) is 4.11. The number of hydrogen-bond donors (Lipinski definition) is 1. The van der Waals surface area contributed by atoms with Crippen molar-refractivity contribution in [1.82, 2.24) is 0 Å². The van der Waals surface area contributed by atoms with Gasteiger partial charge in [0.25, 0.3) is 0 Å². The average Bonchev–Trinajstić information content (AvgIpc) is 2.78. The second-order valence-corrected chi connectivity index (χ2v) is 6.45. The zero-order chi connectivity index (χ0) is 16.6.